The Kier molecular flexibility index (Phi) is 3.76. The number of aromatic nitrogens is 2. The molecule has 1 aliphatic rings. The third kappa shape index (κ3) is 2.58. The number of rotatable bonds is 3. The van der Waals surface area contributed by atoms with Crippen LogP contribution in [0.4, 0.5) is 0 Å². The monoisotopic (exact) mass is 273 g/mol. The van der Waals surface area contributed by atoms with Gasteiger partial charge in [0.25, 0.3) is 0 Å². The summed E-state index contributed by atoms with van der Waals surface area (Å²) in [5.41, 5.74) is 1.58. The summed E-state index contributed by atoms with van der Waals surface area (Å²) in [6.45, 7) is 4.93. The zero-order valence-electron chi connectivity index (χ0n) is 12.1. The van der Waals surface area contributed by atoms with Gasteiger partial charge in [0.1, 0.15) is 5.82 Å². The van der Waals surface area contributed by atoms with Crippen LogP contribution in [0, 0.1) is 0 Å². The molecule has 1 unspecified atom stereocenters. The summed E-state index contributed by atoms with van der Waals surface area (Å²) in [7, 11) is 0. The first kappa shape index (κ1) is 13.6. The second kappa shape index (κ2) is 5.54. The van der Waals surface area contributed by atoms with Crippen LogP contribution in [0.15, 0.2) is 24.3 Å². The molecule has 0 amide bonds. The highest BCUT2D eigenvalue weighted by Gasteiger charge is 2.30. The fourth-order valence-electron chi connectivity index (χ4n) is 3.20. The van der Waals surface area contributed by atoms with Crippen LogP contribution in [0.1, 0.15) is 32.0 Å². The molecule has 2 aromatic rings. The quantitative estimate of drug-likeness (QED) is 0.900. The number of nitrogens with zero attached hydrogens (tertiary/aromatic N) is 2. The van der Waals surface area contributed by atoms with Crippen LogP contribution in [0.2, 0.25) is 0 Å². The minimum absolute atomic E-state index is 0.613. The lowest BCUT2D eigenvalue weighted by Gasteiger charge is -2.26. The van der Waals surface area contributed by atoms with Gasteiger partial charge >= 0.3 is 0 Å². The molecule has 4 nitrogen and oxygen atoms in total. The number of aliphatic hydroxyl groups is 1. The molecule has 1 aromatic heterocycles. The maximum absolute atomic E-state index is 10.9. The fraction of sp³-hybridized carbons (Fsp3) is 0.562. The van der Waals surface area contributed by atoms with Crippen LogP contribution in [0.3, 0.4) is 0 Å². The van der Waals surface area contributed by atoms with Gasteiger partial charge in [0.2, 0.25) is 0 Å². The maximum Gasteiger partial charge on any atom is 0.112 e. The first-order valence-electron chi connectivity index (χ1n) is 7.59. The zero-order valence-corrected chi connectivity index (χ0v) is 12.1. The SMILES string of the molecule is CCn1c(CC2(O)CCCNCC2)nc2ccccc21. The minimum atomic E-state index is -0.613. The van der Waals surface area contributed by atoms with Crippen LogP contribution >= 0.6 is 0 Å². The van der Waals surface area contributed by atoms with E-state index in [4.69, 9.17) is 4.98 Å². The molecule has 4 heteroatoms. The molecule has 1 fully saturated rings. The van der Waals surface area contributed by atoms with Crippen molar-refractivity contribution in [2.75, 3.05) is 13.1 Å². The van der Waals surface area contributed by atoms with Crippen LogP contribution in [0.25, 0.3) is 11.0 Å². The molecule has 0 bridgehead atoms. The Balaban J connectivity index is 1.93. The number of aryl methyl sites for hydroxylation is 1. The summed E-state index contributed by atoms with van der Waals surface area (Å²) in [5.74, 6) is 1.01. The third-order valence-electron chi connectivity index (χ3n) is 4.30. The van der Waals surface area contributed by atoms with Gasteiger partial charge in [0, 0.05) is 13.0 Å². The van der Waals surface area contributed by atoms with E-state index >= 15 is 0 Å². The van der Waals surface area contributed by atoms with Gasteiger partial charge in [-0.2, -0.15) is 0 Å². The van der Waals surface area contributed by atoms with Gasteiger partial charge in [-0.05, 0) is 51.4 Å². The average Bonchev–Trinajstić information content (AvgIpc) is 2.64. The highest BCUT2D eigenvalue weighted by atomic mass is 16.3. The van der Waals surface area contributed by atoms with Crippen molar-refractivity contribution in [3.63, 3.8) is 0 Å². The van der Waals surface area contributed by atoms with E-state index in [9.17, 15) is 5.11 Å². The van der Waals surface area contributed by atoms with Crippen molar-refractivity contribution in [1.82, 2.24) is 14.9 Å². The van der Waals surface area contributed by atoms with Crippen molar-refractivity contribution >= 4 is 11.0 Å². The Hall–Kier alpha value is -1.39. The molecule has 0 saturated carbocycles. The van der Waals surface area contributed by atoms with Gasteiger partial charge in [0.15, 0.2) is 0 Å². The first-order chi connectivity index (χ1) is 9.72. The van der Waals surface area contributed by atoms with E-state index in [0.717, 1.165) is 50.2 Å². The largest absolute Gasteiger partial charge is 0.389 e. The Morgan fingerprint density at radius 2 is 2.15 bits per heavy atom. The lowest BCUT2D eigenvalue weighted by atomic mass is 9.91. The summed E-state index contributed by atoms with van der Waals surface area (Å²) in [6, 6.07) is 8.21. The molecule has 1 aromatic carbocycles. The van der Waals surface area contributed by atoms with Crippen LogP contribution in [-0.2, 0) is 13.0 Å². The molecule has 0 spiro atoms. The molecule has 108 valence electrons. The average molecular weight is 273 g/mol. The van der Waals surface area contributed by atoms with E-state index in [-0.39, 0.29) is 0 Å². The van der Waals surface area contributed by atoms with Crippen molar-refractivity contribution in [2.24, 2.45) is 0 Å². The highest BCUT2D eigenvalue weighted by Crippen LogP contribution is 2.26. The summed E-state index contributed by atoms with van der Waals surface area (Å²) in [4.78, 5) is 4.74. The van der Waals surface area contributed by atoms with Crippen molar-refractivity contribution in [3.05, 3.63) is 30.1 Å². The van der Waals surface area contributed by atoms with E-state index < -0.39 is 5.60 Å². The van der Waals surface area contributed by atoms with Crippen molar-refractivity contribution in [3.8, 4) is 0 Å². The maximum atomic E-state index is 10.9. The van der Waals surface area contributed by atoms with Crippen molar-refractivity contribution in [1.29, 1.82) is 0 Å². The number of hydrogen-bond acceptors (Lipinski definition) is 3. The molecule has 2 N–H and O–H groups in total. The van der Waals surface area contributed by atoms with Gasteiger partial charge in [-0.1, -0.05) is 12.1 Å². The number of fused-ring (bicyclic) bond motifs is 1. The van der Waals surface area contributed by atoms with Crippen LogP contribution in [-0.4, -0.2) is 33.3 Å². The molecular formula is C16H23N3O. The van der Waals surface area contributed by atoms with Crippen molar-refractivity contribution in [2.45, 2.75) is 44.8 Å². The topological polar surface area (TPSA) is 50.1 Å². The van der Waals surface area contributed by atoms with E-state index in [1.165, 1.54) is 5.52 Å². The lowest BCUT2D eigenvalue weighted by Crippen LogP contribution is -2.33. The van der Waals surface area contributed by atoms with Crippen LogP contribution < -0.4 is 5.32 Å². The minimum Gasteiger partial charge on any atom is -0.389 e. The molecule has 0 aliphatic carbocycles. The Morgan fingerprint density at radius 1 is 1.30 bits per heavy atom. The molecular weight excluding hydrogens is 250 g/mol. The highest BCUT2D eigenvalue weighted by molar-refractivity contribution is 5.75. The predicted molar refractivity (Wildman–Crippen MR) is 80.8 cm³/mol. The first-order valence-corrected chi connectivity index (χ1v) is 7.59. The van der Waals surface area contributed by atoms with E-state index in [1.54, 1.807) is 0 Å². The second-order valence-electron chi connectivity index (χ2n) is 5.77. The summed E-state index contributed by atoms with van der Waals surface area (Å²) in [6.07, 6.45) is 3.34. The molecule has 20 heavy (non-hydrogen) atoms. The number of para-hydroxylation sites is 2. The number of hydrogen-bond donors (Lipinski definition) is 2. The normalized spacial score (nSPS) is 23.9. The molecule has 2 heterocycles. The molecule has 1 atom stereocenters. The predicted octanol–water partition coefficient (Wildman–Crippen LogP) is 2.10. The van der Waals surface area contributed by atoms with Crippen LogP contribution in [0.5, 0.6) is 0 Å². The van der Waals surface area contributed by atoms with Gasteiger partial charge in [0.05, 0.1) is 16.6 Å². The summed E-state index contributed by atoms with van der Waals surface area (Å²) in [5, 5.41) is 14.2. The molecule has 1 saturated heterocycles. The zero-order chi connectivity index (χ0) is 14.0. The van der Waals surface area contributed by atoms with E-state index in [2.05, 4.69) is 22.9 Å². The molecule has 1 aliphatic heterocycles. The smallest absolute Gasteiger partial charge is 0.112 e. The number of nitrogens with one attached hydrogen (secondary N) is 1. The van der Waals surface area contributed by atoms with E-state index in [0.29, 0.717) is 6.42 Å². The van der Waals surface area contributed by atoms with Gasteiger partial charge < -0.3 is 15.0 Å². The second-order valence-corrected chi connectivity index (χ2v) is 5.77. The Morgan fingerprint density at radius 3 is 3.00 bits per heavy atom. The summed E-state index contributed by atoms with van der Waals surface area (Å²) >= 11 is 0. The molecule has 3 rings (SSSR count). The Labute approximate surface area is 119 Å². The number of imidazole rings is 1. The van der Waals surface area contributed by atoms with Crippen molar-refractivity contribution < 1.29 is 5.11 Å². The fourth-order valence-corrected chi connectivity index (χ4v) is 3.20. The standard InChI is InChI=1S/C16H23N3O/c1-2-19-14-7-4-3-6-13(14)18-15(19)12-16(20)8-5-10-17-11-9-16/h3-4,6-7,17,20H,2,5,8-12H2,1H3. The Bertz CT molecular complexity index is 582. The molecule has 0 radical (unpaired) electrons. The third-order valence-corrected chi connectivity index (χ3v) is 4.30. The van der Waals surface area contributed by atoms with Gasteiger partial charge in [-0.25, -0.2) is 4.98 Å². The summed E-state index contributed by atoms with van der Waals surface area (Å²) < 4.78 is 2.23. The van der Waals surface area contributed by atoms with E-state index in [1.807, 2.05) is 18.2 Å². The van der Waals surface area contributed by atoms with Gasteiger partial charge in [-0.3, -0.25) is 0 Å². The van der Waals surface area contributed by atoms with Gasteiger partial charge in [-0.15, -0.1) is 0 Å². The lowest BCUT2D eigenvalue weighted by molar-refractivity contribution is 0.0259. The number of benzene rings is 1.